The standard InChI is InChI=1S/C14H16FNO3/c1-9-11(5-2-6-12(9)15)13(17)16-7-3-4-10(8-16)14(18)19/h2,5-6,10H,3-4,7-8H2,1H3,(H,18,19). The normalized spacial score (nSPS) is 19.3. The highest BCUT2D eigenvalue weighted by molar-refractivity contribution is 5.96. The van der Waals surface area contributed by atoms with Crippen molar-refractivity contribution < 1.29 is 19.1 Å². The Morgan fingerprint density at radius 1 is 1.42 bits per heavy atom. The number of carbonyl (C=O) groups is 2. The zero-order valence-electron chi connectivity index (χ0n) is 10.7. The number of hydrogen-bond donors (Lipinski definition) is 1. The fourth-order valence-corrected chi connectivity index (χ4v) is 2.37. The maximum Gasteiger partial charge on any atom is 0.308 e. The topological polar surface area (TPSA) is 57.6 Å². The van der Waals surface area contributed by atoms with Gasteiger partial charge in [0.1, 0.15) is 5.82 Å². The molecule has 1 unspecified atom stereocenters. The molecule has 19 heavy (non-hydrogen) atoms. The van der Waals surface area contributed by atoms with Crippen LogP contribution in [0.2, 0.25) is 0 Å². The highest BCUT2D eigenvalue weighted by Crippen LogP contribution is 2.21. The van der Waals surface area contributed by atoms with E-state index in [9.17, 15) is 14.0 Å². The molecule has 4 nitrogen and oxygen atoms in total. The number of carboxylic acid groups (broad SMARTS) is 1. The Kier molecular flexibility index (Phi) is 3.83. The summed E-state index contributed by atoms with van der Waals surface area (Å²) in [5.41, 5.74) is 0.621. The minimum absolute atomic E-state index is 0.199. The molecule has 1 aromatic rings. The van der Waals surface area contributed by atoms with E-state index in [1.54, 1.807) is 13.0 Å². The smallest absolute Gasteiger partial charge is 0.308 e. The second-order valence-electron chi connectivity index (χ2n) is 4.84. The first kappa shape index (κ1) is 13.5. The summed E-state index contributed by atoms with van der Waals surface area (Å²) < 4.78 is 13.4. The fourth-order valence-electron chi connectivity index (χ4n) is 2.37. The molecule has 1 aliphatic heterocycles. The summed E-state index contributed by atoms with van der Waals surface area (Å²) in [5, 5.41) is 9.01. The third-order valence-electron chi connectivity index (χ3n) is 3.56. The largest absolute Gasteiger partial charge is 0.481 e. The summed E-state index contributed by atoms with van der Waals surface area (Å²) in [6.45, 7) is 2.28. The van der Waals surface area contributed by atoms with Crippen LogP contribution in [0.3, 0.4) is 0 Å². The molecule has 2 rings (SSSR count). The minimum Gasteiger partial charge on any atom is -0.481 e. The van der Waals surface area contributed by atoms with Gasteiger partial charge in [-0.25, -0.2) is 4.39 Å². The number of likely N-dealkylation sites (tertiary alicyclic amines) is 1. The van der Waals surface area contributed by atoms with Crippen molar-refractivity contribution in [2.45, 2.75) is 19.8 Å². The molecule has 0 aliphatic carbocycles. The molecule has 1 aliphatic rings. The number of halogens is 1. The van der Waals surface area contributed by atoms with Gasteiger partial charge in [-0.3, -0.25) is 9.59 Å². The predicted molar refractivity (Wildman–Crippen MR) is 67.4 cm³/mol. The van der Waals surface area contributed by atoms with Crippen LogP contribution < -0.4 is 0 Å². The van der Waals surface area contributed by atoms with Crippen LogP contribution in [0.4, 0.5) is 4.39 Å². The van der Waals surface area contributed by atoms with E-state index in [1.165, 1.54) is 17.0 Å². The summed E-state index contributed by atoms with van der Waals surface area (Å²) in [5.74, 6) is -2.11. The lowest BCUT2D eigenvalue weighted by molar-refractivity contribution is -0.143. The molecule has 1 heterocycles. The van der Waals surface area contributed by atoms with Crippen molar-refractivity contribution in [2.24, 2.45) is 5.92 Å². The SMILES string of the molecule is Cc1c(F)cccc1C(=O)N1CCCC(C(=O)O)C1. The van der Waals surface area contributed by atoms with Crippen molar-refractivity contribution in [2.75, 3.05) is 13.1 Å². The lowest BCUT2D eigenvalue weighted by atomic mass is 9.97. The maximum absolute atomic E-state index is 13.4. The third-order valence-corrected chi connectivity index (χ3v) is 3.56. The molecule has 5 heteroatoms. The zero-order valence-corrected chi connectivity index (χ0v) is 10.7. The summed E-state index contributed by atoms with van der Waals surface area (Å²) in [7, 11) is 0. The molecule has 1 amide bonds. The number of rotatable bonds is 2. The summed E-state index contributed by atoms with van der Waals surface area (Å²) >= 11 is 0. The Bertz CT molecular complexity index is 515. The molecule has 0 saturated carbocycles. The van der Waals surface area contributed by atoms with Gasteiger partial charge in [0.25, 0.3) is 5.91 Å². The van der Waals surface area contributed by atoms with E-state index in [-0.39, 0.29) is 12.5 Å². The molecule has 0 radical (unpaired) electrons. The van der Waals surface area contributed by atoms with E-state index in [4.69, 9.17) is 5.11 Å². The first-order valence-corrected chi connectivity index (χ1v) is 6.28. The van der Waals surface area contributed by atoms with E-state index in [1.807, 2.05) is 0 Å². The summed E-state index contributed by atoms with van der Waals surface area (Å²) in [6, 6.07) is 4.38. The lowest BCUT2D eigenvalue weighted by Crippen LogP contribution is -2.42. The molecule has 0 spiro atoms. The van der Waals surface area contributed by atoms with Crippen LogP contribution in [0.15, 0.2) is 18.2 Å². The monoisotopic (exact) mass is 265 g/mol. The lowest BCUT2D eigenvalue weighted by Gasteiger charge is -2.31. The van der Waals surface area contributed by atoms with Gasteiger partial charge in [-0.05, 0) is 37.5 Å². The van der Waals surface area contributed by atoms with E-state index >= 15 is 0 Å². The average molecular weight is 265 g/mol. The second-order valence-corrected chi connectivity index (χ2v) is 4.84. The molecule has 0 bridgehead atoms. The summed E-state index contributed by atoms with van der Waals surface area (Å²) in [4.78, 5) is 24.8. The van der Waals surface area contributed by atoms with Crippen molar-refractivity contribution in [3.63, 3.8) is 0 Å². The van der Waals surface area contributed by atoms with Crippen molar-refractivity contribution in [3.8, 4) is 0 Å². The van der Waals surface area contributed by atoms with E-state index < -0.39 is 17.7 Å². The number of nitrogens with zero attached hydrogens (tertiary/aromatic N) is 1. The van der Waals surface area contributed by atoms with Crippen molar-refractivity contribution in [1.29, 1.82) is 0 Å². The van der Waals surface area contributed by atoms with Crippen LogP contribution in [0, 0.1) is 18.7 Å². The Morgan fingerprint density at radius 3 is 2.84 bits per heavy atom. The zero-order chi connectivity index (χ0) is 14.0. The van der Waals surface area contributed by atoms with E-state index in [0.717, 1.165) is 0 Å². The van der Waals surface area contributed by atoms with Gasteiger partial charge in [-0.1, -0.05) is 6.07 Å². The van der Waals surface area contributed by atoms with Crippen LogP contribution in [-0.2, 0) is 4.79 Å². The van der Waals surface area contributed by atoms with Gasteiger partial charge in [0, 0.05) is 18.7 Å². The first-order chi connectivity index (χ1) is 9.00. The number of hydrogen-bond acceptors (Lipinski definition) is 2. The Balaban J connectivity index is 2.19. The number of amides is 1. The van der Waals surface area contributed by atoms with Gasteiger partial charge < -0.3 is 10.0 Å². The van der Waals surface area contributed by atoms with Crippen molar-refractivity contribution >= 4 is 11.9 Å². The van der Waals surface area contributed by atoms with Gasteiger partial charge in [0.2, 0.25) is 0 Å². The van der Waals surface area contributed by atoms with Crippen LogP contribution in [0.5, 0.6) is 0 Å². The van der Waals surface area contributed by atoms with Gasteiger partial charge >= 0.3 is 5.97 Å². The molecule has 1 saturated heterocycles. The molecule has 1 aromatic carbocycles. The van der Waals surface area contributed by atoms with Crippen LogP contribution >= 0.6 is 0 Å². The summed E-state index contributed by atoms with van der Waals surface area (Å²) in [6.07, 6.45) is 1.25. The van der Waals surface area contributed by atoms with Crippen LogP contribution in [0.25, 0.3) is 0 Å². The minimum atomic E-state index is -0.881. The number of piperidine rings is 1. The number of carboxylic acids is 1. The van der Waals surface area contributed by atoms with Gasteiger partial charge in [-0.15, -0.1) is 0 Å². The molecule has 0 aromatic heterocycles. The molecule has 1 atom stereocenters. The highest BCUT2D eigenvalue weighted by Gasteiger charge is 2.29. The molecule has 1 N–H and O–H groups in total. The van der Waals surface area contributed by atoms with E-state index in [0.29, 0.717) is 30.5 Å². The highest BCUT2D eigenvalue weighted by atomic mass is 19.1. The Morgan fingerprint density at radius 2 is 2.16 bits per heavy atom. The van der Waals surface area contributed by atoms with Gasteiger partial charge in [0.15, 0.2) is 0 Å². The number of aliphatic carboxylic acids is 1. The van der Waals surface area contributed by atoms with Crippen molar-refractivity contribution in [1.82, 2.24) is 4.90 Å². The Labute approximate surface area is 110 Å². The molecular formula is C14H16FNO3. The number of benzene rings is 1. The first-order valence-electron chi connectivity index (χ1n) is 6.28. The van der Waals surface area contributed by atoms with Crippen molar-refractivity contribution in [3.05, 3.63) is 35.1 Å². The van der Waals surface area contributed by atoms with Crippen LogP contribution in [-0.4, -0.2) is 35.0 Å². The molecular weight excluding hydrogens is 249 g/mol. The Hall–Kier alpha value is -1.91. The maximum atomic E-state index is 13.4. The average Bonchev–Trinajstić information content (AvgIpc) is 2.41. The van der Waals surface area contributed by atoms with Gasteiger partial charge in [0.05, 0.1) is 5.92 Å². The predicted octanol–water partition coefficient (Wildman–Crippen LogP) is 2.07. The van der Waals surface area contributed by atoms with E-state index in [2.05, 4.69) is 0 Å². The third kappa shape index (κ3) is 2.75. The quantitative estimate of drug-likeness (QED) is 0.890. The molecule has 1 fully saturated rings. The fraction of sp³-hybridized carbons (Fsp3) is 0.429. The molecule has 102 valence electrons. The second kappa shape index (κ2) is 5.38. The number of carbonyl (C=O) groups excluding carboxylic acids is 1. The van der Waals surface area contributed by atoms with Crippen LogP contribution in [0.1, 0.15) is 28.8 Å². The van der Waals surface area contributed by atoms with Gasteiger partial charge in [-0.2, -0.15) is 0 Å².